The normalized spacial score (nSPS) is 12.2. The van der Waals surface area contributed by atoms with Crippen molar-refractivity contribution in [3.05, 3.63) is 58.5 Å². The second-order valence-electron chi connectivity index (χ2n) is 4.90. The molecule has 1 unspecified atom stereocenters. The molecule has 0 fully saturated rings. The van der Waals surface area contributed by atoms with Gasteiger partial charge in [0.25, 0.3) is 5.91 Å². The molecular formula is C16H18ClNO2. The van der Waals surface area contributed by atoms with Crippen LogP contribution in [0.4, 0.5) is 0 Å². The lowest BCUT2D eigenvalue weighted by Crippen LogP contribution is -2.26. The molecule has 0 bridgehead atoms. The van der Waals surface area contributed by atoms with Crippen molar-refractivity contribution >= 4 is 17.5 Å². The maximum Gasteiger partial charge on any atom is 0.251 e. The molecule has 106 valence electrons. The van der Waals surface area contributed by atoms with E-state index in [1.807, 2.05) is 45.0 Å². The summed E-state index contributed by atoms with van der Waals surface area (Å²) in [7, 11) is 0. The first-order chi connectivity index (χ1) is 9.51. The molecule has 0 radical (unpaired) electrons. The minimum Gasteiger partial charge on any atom is -0.466 e. The summed E-state index contributed by atoms with van der Waals surface area (Å²) >= 11 is 5.78. The van der Waals surface area contributed by atoms with E-state index in [9.17, 15) is 4.79 Å². The summed E-state index contributed by atoms with van der Waals surface area (Å²) in [5.74, 6) is 1.98. The zero-order chi connectivity index (χ0) is 14.7. The number of amides is 1. The molecular weight excluding hydrogens is 274 g/mol. The summed E-state index contributed by atoms with van der Waals surface area (Å²) in [6.07, 6.45) is 0. The number of halogens is 1. The number of carbonyl (C=O) groups is 1. The highest BCUT2D eigenvalue weighted by Crippen LogP contribution is 2.21. The van der Waals surface area contributed by atoms with Gasteiger partial charge < -0.3 is 9.73 Å². The van der Waals surface area contributed by atoms with Crippen molar-refractivity contribution in [2.45, 2.75) is 32.7 Å². The quantitative estimate of drug-likeness (QED) is 0.861. The van der Waals surface area contributed by atoms with Crippen LogP contribution in [0.1, 0.15) is 46.0 Å². The Morgan fingerprint density at radius 2 is 2.10 bits per heavy atom. The number of aryl methyl sites for hydroxylation is 2. The Balaban J connectivity index is 2.12. The lowest BCUT2D eigenvalue weighted by molar-refractivity contribution is 0.0939. The second-order valence-corrected chi connectivity index (χ2v) is 5.16. The van der Waals surface area contributed by atoms with Gasteiger partial charge in [-0.05, 0) is 44.5 Å². The maximum atomic E-state index is 12.2. The minimum atomic E-state index is -0.109. The molecule has 1 N–H and O–H groups in total. The average Bonchev–Trinajstić information content (AvgIpc) is 2.77. The molecule has 0 spiro atoms. The smallest absolute Gasteiger partial charge is 0.251 e. The molecule has 1 aromatic heterocycles. The SMILES string of the molecule is Cc1cc(C(C)NC(=O)c2cccc(CCl)c2)c(C)o1. The zero-order valence-corrected chi connectivity index (χ0v) is 12.6. The number of rotatable bonds is 4. The molecule has 1 amide bonds. The zero-order valence-electron chi connectivity index (χ0n) is 11.9. The van der Waals surface area contributed by atoms with Crippen molar-refractivity contribution in [1.82, 2.24) is 5.32 Å². The first-order valence-electron chi connectivity index (χ1n) is 6.54. The maximum absolute atomic E-state index is 12.2. The molecule has 1 atom stereocenters. The fraction of sp³-hybridized carbons (Fsp3) is 0.312. The molecule has 0 aliphatic rings. The highest BCUT2D eigenvalue weighted by Gasteiger charge is 2.16. The van der Waals surface area contributed by atoms with Gasteiger partial charge in [-0.3, -0.25) is 4.79 Å². The summed E-state index contributed by atoms with van der Waals surface area (Å²) in [5, 5.41) is 2.98. The summed E-state index contributed by atoms with van der Waals surface area (Å²) in [6, 6.07) is 9.19. The van der Waals surface area contributed by atoms with E-state index in [4.69, 9.17) is 16.0 Å². The topological polar surface area (TPSA) is 42.2 Å². The second kappa shape index (κ2) is 6.14. The summed E-state index contributed by atoms with van der Waals surface area (Å²) in [4.78, 5) is 12.2. The van der Waals surface area contributed by atoms with Crippen molar-refractivity contribution in [3.63, 3.8) is 0 Å². The molecule has 1 aromatic carbocycles. The van der Waals surface area contributed by atoms with Crippen molar-refractivity contribution < 1.29 is 9.21 Å². The predicted octanol–water partition coefficient (Wildman–Crippen LogP) is 4.13. The summed E-state index contributed by atoms with van der Waals surface area (Å²) in [5.41, 5.74) is 2.56. The van der Waals surface area contributed by atoms with Gasteiger partial charge in [-0.25, -0.2) is 0 Å². The first-order valence-corrected chi connectivity index (χ1v) is 7.07. The van der Waals surface area contributed by atoms with Crippen molar-refractivity contribution in [2.75, 3.05) is 0 Å². The Morgan fingerprint density at radius 3 is 2.70 bits per heavy atom. The Morgan fingerprint density at radius 1 is 1.35 bits per heavy atom. The fourth-order valence-corrected chi connectivity index (χ4v) is 2.40. The van der Waals surface area contributed by atoms with E-state index in [2.05, 4.69) is 5.32 Å². The van der Waals surface area contributed by atoms with Crippen molar-refractivity contribution in [3.8, 4) is 0 Å². The van der Waals surface area contributed by atoms with Crippen LogP contribution in [0.3, 0.4) is 0 Å². The van der Waals surface area contributed by atoms with E-state index in [0.717, 1.165) is 22.6 Å². The van der Waals surface area contributed by atoms with Gasteiger partial charge in [0.05, 0.1) is 6.04 Å². The number of hydrogen-bond donors (Lipinski definition) is 1. The fourth-order valence-electron chi connectivity index (χ4n) is 2.23. The lowest BCUT2D eigenvalue weighted by Gasteiger charge is -2.13. The Bertz CT molecular complexity index is 619. The van der Waals surface area contributed by atoms with E-state index < -0.39 is 0 Å². The third-order valence-corrected chi connectivity index (χ3v) is 3.55. The molecule has 2 rings (SSSR count). The molecule has 0 aliphatic carbocycles. The number of benzene rings is 1. The molecule has 2 aromatic rings. The van der Waals surface area contributed by atoms with Gasteiger partial charge in [0, 0.05) is 17.0 Å². The van der Waals surface area contributed by atoms with Gasteiger partial charge in [0.1, 0.15) is 11.5 Å². The number of furan rings is 1. The first kappa shape index (κ1) is 14.7. The van der Waals surface area contributed by atoms with Gasteiger partial charge in [0.2, 0.25) is 0 Å². The molecule has 4 heteroatoms. The third kappa shape index (κ3) is 3.23. The Kier molecular flexibility index (Phi) is 4.50. The Labute approximate surface area is 123 Å². The molecule has 1 heterocycles. The van der Waals surface area contributed by atoms with Crippen LogP contribution in [0.2, 0.25) is 0 Å². The highest BCUT2D eigenvalue weighted by molar-refractivity contribution is 6.17. The predicted molar refractivity (Wildman–Crippen MR) is 80.1 cm³/mol. The van der Waals surface area contributed by atoms with Crippen LogP contribution in [0, 0.1) is 13.8 Å². The molecule has 0 saturated heterocycles. The highest BCUT2D eigenvalue weighted by atomic mass is 35.5. The number of hydrogen-bond acceptors (Lipinski definition) is 2. The van der Waals surface area contributed by atoms with Crippen molar-refractivity contribution in [2.24, 2.45) is 0 Å². The monoisotopic (exact) mass is 291 g/mol. The summed E-state index contributed by atoms with van der Waals surface area (Å²) < 4.78 is 5.49. The van der Waals surface area contributed by atoms with Gasteiger partial charge >= 0.3 is 0 Å². The lowest BCUT2D eigenvalue weighted by atomic mass is 10.1. The van der Waals surface area contributed by atoms with E-state index in [0.29, 0.717) is 11.4 Å². The number of carbonyl (C=O) groups excluding carboxylic acids is 1. The molecule has 3 nitrogen and oxygen atoms in total. The number of nitrogens with one attached hydrogen (secondary N) is 1. The van der Waals surface area contributed by atoms with Crippen LogP contribution in [-0.2, 0) is 5.88 Å². The Hall–Kier alpha value is -1.74. The van der Waals surface area contributed by atoms with Gasteiger partial charge in [-0.1, -0.05) is 12.1 Å². The van der Waals surface area contributed by atoms with Crippen LogP contribution in [0.25, 0.3) is 0 Å². The van der Waals surface area contributed by atoms with Gasteiger partial charge in [0.15, 0.2) is 0 Å². The van der Waals surface area contributed by atoms with Gasteiger partial charge in [-0.15, -0.1) is 11.6 Å². The third-order valence-electron chi connectivity index (χ3n) is 3.24. The molecule has 0 saturated carbocycles. The average molecular weight is 292 g/mol. The van der Waals surface area contributed by atoms with Crippen LogP contribution < -0.4 is 5.32 Å². The van der Waals surface area contributed by atoms with E-state index in [1.165, 1.54) is 0 Å². The largest absolute Gasteiger partial charge is 0.466 e. The van der Waals surface area contributed by atoms with Crippen LogP contribution in [0.15, 0.2) is 34.7 Å². The number of alkyl halides is 1. The van der Waals surface area contributed by atoms with Crippen LogP contribution in [-0.4, -0.2) is 5.91 Å². The summed E-state index contributed by atoms with van der Waals surface area (Å²) in [6.45, 7) is 5.74. The van der Waals surface area contributed by atoms with Gasteiger partial charge in [-0.2, -0.15) is 0 Å². The molecule has 0 aliphatic heterocycles. The van der Waals surface area contributed by atoms with E-state index in [-0.39, 0.29) is 11.9 Å². The molecule has 20 heavy (non-hydrogen) atoms. The van der Waals surface area contributed by atoms with Crippen molar-refractivity contribution in [1.29, 1.82) is 0 Å². The van der Waals surface area contributed by atoms with E-state index >= 15 is 0 Å². The van der Waals surface area contributed by atoms with Crippen LogP contribution in [0.5, 0.6) is 0 Å². The standard InChI is InChI=1S/C16H18ClNO2/c1-10-7-15(12(3)20-10)11(2)18-16(19)14-6-4-5-13(8-14)9-17/h4-8,11H,9H2,1-3H3,(H,18,19). The van der Waals surface area contributed by atoms with Crippen LogP contribution >= 0.6 is 11.6 Å². The minimum absolute atomic E-state index is 0.0976. The van der Waals surface area contributed by atoms with E-state index in [1.54, 1.807) is 6.07 Å².